The first-order valence-electron chi connectivity index (χ1n) is 18.1. The monoisotopic (exact) mass is 722 g/mol. The number of carbonyl (C=O) groups excluding carboxylic acids is 3. The first-order chi connectivity index (χ1) is 23.9. The van der Waals surface area contributed by atoms with Crippen LogP contribution in [-0.2, 0) is 44.6 Å². The van der Waals surface area contributed by atoms with Crippen molar-refractivity contribution < 1.29 is 53.0 Å². The summed E-state index contributed by atoms with van der Waals surface area (Å²) in [6.45, 7) is 12.3. The van der Waals surface area contributed by atoms with Crippen LogP contribution in [0, 0.1) is 17.8 Å². The Morgan fingerprint density at radius 1 is 1.08 bits per heavy atom. The van der Waals surface area contributed by atoms with Gasteiger partial charge in [0.2, 0.25) is 0 Å². The summed E-state index contributed by atoms with van der Waals surface area (Å²) in [6.07, 6.45) is -6.58. The van der Waals surface area contributed by atoms with Crippen molar-refractivity contribution in [2.24, 2.45) is 17.8 Å². The number of methoxy groups -OCH3 is 2. The third-order valence-electron chi connectivity index (χ3n) is 10.9. The number of nitrogens with one attached hydrogen (secondary N) is 1. The number of nitrogens with zero attached hydrogens (tertiary/aromatic N) is 1. The summed E-state index contributed by atoms with van der Waals surface area (Å²) < 4.78 is 36.8. The van der Waals surface area contributed by atoms with Crippen molar-refractivity contribution >= 4 is 17.8 Å². The molecule has 51 heavy (non-hydrogen) atoms. The Hall–Kier alpha value is -2.65. The predicted molar refractivity (Wildman–Crippen MR) is 190 cm³/mol. The second-order valence-corrected chi connectivity index (χ2v) is 15.1. The highest BCUT2D eigenvalue weighted by Crippen LogP contribution is 2.39. The highest BCUT2D eigenvalue weighted by Gasteiger charge is 2.52. The number of hydrogen-bond acceptors (Lipinski definition) is 12. The summed E-state index contributed by atoms with van der Waals surface area (Å²) in [6, 6.07) is 9.03. The van der Waals surface area contributed by atoms with Crippen LogP contribution in [0.5, 0.6) is 0 Å². The molecule has 1 amide bonds. The minimum atomic E-state index is -1.72. The number of alkyl carbamates (subject to hydrolysis) is 1. The maximum atomic E-state index is 14.0. The number of benzene rings is 1. The van der Waals surface area contributed by atoms with Gasteiger partial charge < -0.3 is 48.9 Å². The van der Waals surface area contributed by atoms with Gasteiger partial charge in [0, 0.05) is 45.1 Å². The van der Waals surface area contributed by atoms with Gasteiger partial charge in [0.1, 0.15) is 29.7 Å². The number of aliphatic hydroxyl groups is 2. The van der Waals surface area contributed by atoms with Crippen LogP contribution in [0.3, 0.4) is 0 Å². The van der Waals surface area contributed by atoms with E-state index in [0.29, 0.717) is 6.42 Å². The van der Waals surface area contributed by atoms with E-state index in [-0.39, 0.29) is 43.7 Å². The summed E-state index contributed by atoms with van der Waals surface area (Å²) in [4.78, 5) is 43.2. The van der Waals surface area contributed by atoms with E-state index in [0.717, 1.165) is 5.56 Å². The number of carbonyl (C=O) groups is 3. The van der Waals surface area contributed by atoms with Gasteiger partial charge in [-0.05, 0) is 66.6 Å². The van der Waals surface area contributed by atoms with E-state index in [1.807, 2.05) is 56.3 Å². The van der Waals surface area contributed by atoms with Crippen LogP contribution in [0.15, 0.2) is 30.3 Å². The van der Waals surface area contributed by atoms with Crippen LogP contribution in [0.4, 0.5) is 4.79 Å². The van der Waals surface area contributed by atoms with E-state index in [4.69, 9.17) is 28.4 Å². The fraction of sp³-hybridized carbons (Fsp3) is 0.763. The van der Waals surface area contributed by atoms with Gasteiger partial charge in [-0.2, -0.15) is 0 Å². The van der Waals surface area contributed by atoms with E-state index in [1.165, 1.54) is 21.1 Å². The molecule has 3 rings (SSSR count). The Morgan fingerprint density at radius 3 is 2.29 bits per heavy atom. The zero-order chi connectivity index (χ0) is 38.3. The quantitative estimate of drug-likeness (QED) is 0.316. The number of hydrogen-bond donors (Lipinski definition) is 3. The number of Topliss-reactive ketones (excluding diaryl/α,β-unsaturated/α-hetero) is 1. The molecule has 0 unspecified atom stereocenters. The first kappa shape index (κ1) is 42.8. The van der Waals surface area contributed by atoms with Crippen LogP contribution >= 0.6 is 0 Å². The third kappa shape index (κ3) is 10.5. The first-order valence-corrected chi connectivity index (χ1v) is 18.1. The summed E-state index contributed by atoms with van der Waals surface area (Å²) in [5, 5.41) is 26.0. The molecule has 0 spiro atoms. The highest BCUT2D eigenvalue weighted by atomic mass is 16.7. The SMILES string of the molecule is CC[C@H]1OC(=O)[C@H](C)[C@@H](OC(=O)NCc2ccccc2)[C@H](C)[C@@H](O[C@@H]2O[C@H](C)C[C@H](N(C)C)[C@H]2O)[C@](C)(OC)C[C@@H](C)C(=O)C[C@@H](OC)[C@]1(C)O. The summed E-state index contributed by atoms with van der Waals surface area (Å²) >= 11 is 0. The van der Waals surface area contributed by atoms with E-state index < -0.39 is 77.8 Å². The average molecular weight is 723 g/mol. The molecular weight excluding hydrogens is 660 g/mol. The van der Waals surface area contributed by atoms with E-state index in [9.17, 15) is 24.6 Å². The van der Waals surface area contributed by atoms with Crippen molar-refractivity contribution in [3.05, 3.63) is 35.9 Å². The molecule has 2 heterocycles. The average Bonchev–Trinajstić information content (AvgIpc) is 3.09. The van der Waals surface area contributed by atoms with Gasteiger partial charge in [0.25, 0.3) is 0 Å². The summed E-state index contributed by atoms with van der Waals surface area (Å²) in [7, 11) is 6.65. The number of aliphatic hydroxyl groups excluding tert-OH is 1. The fourth-order valence-electron chi connectivity index (χ4n) is 7.55. The number of cyclic esters (lactones) is 1. The topological polar surface area (TPSA) is 162 Å². The lowest BCUT2D eigenvalue weighted by atomic mass is 9.76. The Balaban J connectivity index is 2.14. The minimum Gasteiger partial charge on any atom is -0.459 e. The second kappa shape index (κ2) is 18.4. The maximum absolute atomic E-state index is 14.0. The zero-order valence-corrected chi connectivity index (χ0v) is 32.3. The highest BCUT2D eigenvalue weighted by molar-refractivity contribution is 5.81. The van der Waals surface area contributed by atoms with Crippen molar-refractivity contribution in [3.63, 3.8) is 0 Å². The van der Waals surface area contributed by atoms with Crippen molar-refractivity contribution in [2.45, 2.75) is 141 Å². The number of likely N-dealkylation sites (N-methyl/N-ethyl adjacent to an activating group) is 1. The van der Waals surface area contributed by atoms with E-state index >= 15 is 0 Å². The molecule has 0 radical (unpaired) electrons. The zero-order valence-electron chi connectivity index (χ0n) is 32.3. The van der Waals surface area contributed by atoms with Crippen molar-refractivity contribution in [1.82, 2.24) is 10.2 Å². The Kier molecular flexibility index (Phi) is 15.4. The van der Waals surface area contributed by atoms with Crippen LogP contribution in [0.25, 0.3) is 0 Å². The number of esters is 1. The van der Waals surface area contributed by atoms with E-state index in [1.54, 1.807) is 34.6 Å². The van der Waals surface area contributed by atoms with Crippen LogP contribution in [-0.4, -0.2) is 121 Å². The molecule has 13 atom stereocenters. The Morgan fingerprint density at radius 2 is 1.73 bits per heavy atom. The van der Waals surface area contributed by atoms with Crippen molar-refractivity contribution in [3.8, 4) is 0 Å². The fourth-order valence-corrected chi connectivity index (χ4v) is 7.55. The lowest BCUT2D eigenvalue weighted by Crippen LogP contribution is -2.60. The van der Waals surface area contributed by atoms with Crippen LogP contribution in [0.1, 0.15) is 79.7 Å². The number of ether oxygens (including phenoxy) is 6. The largest absolute Gasteiger partial charge is 0.459 e. The number of amides is 1. The Bertz CT molecular complexity index is 1280. The van der Waals surface area contributed by atoms with Gasteiger partial charge in [-0.15, -0.1) is 0 Å². The summed E-state index contributed by atoms with van der Waals surface area (Å²) in [5.41, 5.74) is -2.11. The molecule has 2 fully saturated rings. The number of ketones is 1. The third-order valence-corrected chi connectivity index (χ3v) is 10.9. The smallest absolute Gasteiger partial charge is 0.407 e. The normalized spacial score (nSPS) is 38.8. The molecule has 0 saturated carbocycles. The van der Waals surface area contributed by atoms with Crippen LogP contribution in [0.2, 0.25) is 0 Å². The molecule has 2 aliphatic heterocycles. The lowest BCUT2D eigenvalue weighted by Gasteiger charge is -2.48. The molecule has 0 aromatic heterocycles. The molecule has 0 bridgehead atoms. The molecule has 2 saturated heterocycles. The van der Waals surface area contributed by atoms with Gasteiger partial charge in [-0.3, -0.25) is 9.59 Å². The van der Waals surface area contributed by atoms with E-state index in [2.05, 4.69) is 5.32 Å². The Labute approximate surface area is 303 Å². The maximum Gasteiger partial charge on any atom is 0.407 e. The molecule has 13 heteroatoms. The molecular formula is C38H62N2O11. The molecule has 1 aromatic carbocycles. The molecule has 1 aromatic rings. The summed E-state index contributed by atoms with van der Waals surface area (Å²) in [5.74, 6) is -3.39. The van der Waals surface area contributed by atoms with Gasteiger partial charge >= 0.3 is 12.1 Å². The molecule has 0 aliphatic carbocycles. The van der Waals surface area contributed by atoms with Gasteiger partial charge in [0.05, 0.1) is 29.8 Å². The van der Waals surface area contributed by atoms with Crippen molar-refractivity contribution in [2.75, 3.05) is 28.3 Å². The standard InChI is InChI=1S/C38H62N2O11/c1-12-29-38(7,45)30(46-10)19-28(41)22(2)20-37(6,47-11)33(51-35-31(42)27(40(8)9)18-23(3)48-35)24(4)32(25(5)34(43)49-29)50-36(44)39-21-26-16-14-13-15-17-26/h13-17,22-25,27,29-33,35,42,45H,12,18-21H2,1-11H3,(H,39,44)/t22-,23-,24+,25-,27+,29-,30-,31-,32+,33-,35+,37-,38-/m1/s1. The second-order valence-electron chi connectivity index (χ2n) is 15.1. The minimum absolute atomic E-state index is 0.144. The lowest BCUT2D eigenvalue weighted by molar-refractivity contribution is -0.301. The predicted octanol–water partition coefficient (Wildman–Crippen LogP) is 3.86. The molecule has 2 aliphatic rings. The van der Waals surface area contributed by atoms with Crippen molar-refractivity contribution in [1.29, 1.82) is 0 Å². The van der Waals surface area contributed by atoms with Gasteiger partial charge in [-0.25, -0.2) is 4.79 Å². The number of rotatable bonds is 9. The van der Waals surface area contributed by atoms with Gasteiger partial charge in [0.15, 0.2) is 6.29 Å². The van der Waals surface area contributed by atoms with Gasteiger partial charge in [-0.1, -0.05) is 51.1 Å². The molecule has 3 N–H and O–H groups in total. The molecule has 290 valence electrons. The van der Waals surface area contributed by atoms with Crippen LogP contribution < -0.4 is 5.32 Å². The molecule has 13 nitrogen and oxygen atoms in total.